The van der Waals surface area contributed by atoms with Crippen LogP contribution < -0.4 is 15.4 Å². The number of rotatable bonds is 10. The normalized spacial score (nSPS) is 11.9. The van der Waals surface area contributed by atoms with Gasteiger partial charge in [-0.05, 0) is 35.7 Å². The van der Waals surface area contributed by atoms with Crippen molar-refractivity contribution in [3.63, 3.8) is 0 Å². The highest BCUT2D eigenvalue weighted by atomic mass is 16.5. The van der Waals surface area contributed by atoms with Crippen LogP contribution in [0.2, 0.25) is 0 Å². The molecule has 3 aromatic carbocycles. The molecular formula is C25H26N4O3. The van der Waals surface area contributed by atoms with E-state index < -0.39 is 6.10 Å². The van der Waals surface area contributed by atoms with E-state index in [1.165, 1.54) is 0 Å². The van der Waals surface area contributed by atoms with Crippen molar-refractivity contribution in [1.29, 1.82) is 0 Å². The number of fused-ring (bicyclic) bond motifs is 1. The number of aliphatic hydroxyl groups is 1. The lowest BCUT2D eigenvalue weighted by molar-refractivity contribution is 0.0950. The van der Waals surface area contributed by atoms with Crippen LogP contribution >= 0.6 is 0 Å². The van der Waals surface area contributed by atoms with Gasteiger partial charge in [-0.2, -0.15) is 0 Å². The first-order valence-electron chi connectivity index (χ1n) is 10.6. The molecule has 0 fully saturated rings. The Morgan fingerprint density at radius 1 is 1.03 bits per heavy atom. The number of ether oxygens (including phenoxy) is 1. The van der Waals surface area contributed by atoms with Crippen molar-refractivity contribution >= 4 is 16.7 Å². The Morgan fingerprint density at radius 2 is 1.84 bits per heavy atom. The lowest BCUT2D eigenvalue weighted by Gasteiger charge is -2.15. The van der Waals surface area contributed by atoms with Crippen LogP contribution in [-0.4, -0.2) is 52.9 Å². The maximum Gasteiger partial charge on any atom is 0.251 e. The molecule has 3 N–H and O–H groups in total. The molecule has 0 aliphatic carbocycles. The summed E-state index contributed by atoms with van der Waals surface area (Å²) < 4.78 is 7.68. The molecule has 164 valence electrons. The average molecular weight is 431 g/mol. The summed E-state index contributed by atoms with van der Waals surface area (Å²) >= 11 is 0. The van der Waals surface area contributed by atoms with Gasteiger partial charge in [0.15, 0.2) is 0 Å². The minimum Gasteiger partial charge on any atom is -0.490 e. The van der Waals surface area contributed by atoms with Crippen LogP contribution in [0.5, 0.6) is 5.75 Å². The van der Waals surface area contributed by atoms with E-state index >= 15 is 0 Å². The molecule has 0 spiro atoms. The number of carbonyl (C=O) groups excluding carboxylic acids is 1. The number of carbonyl (C=O) groups is 1. The zero-order valence-electron chi connectivity index (χ0n) is 17.6. The van der Waals surface area contributed by atoms with Gasteiger partial charge >= 0.3 is 0 Å². The highest BCUT2D eigenvalue weighted by Crippen LogP contribution is 2.25. The van der Waals surface area contributed by atoms with Gasteiger partial charge in [0.2, 0.25) is 0 Å². The van der Waals surface area contributed by atoms with Crippen LogP contribution in [0, 0.1) is 0 Å². The fraction of sp³-hybridized carbons (Fsp3) is 0.200. The van der Waals surface area contributed by atoms with Crippen LogP contribution in [0.1, 0.15) is 10.4 Å². The summed E-state index contributed by atoms with van der Waals surface area (Å²) in [6.45, 7) is 1.57. The molecule has 0 aliphatic heterocycles. The Morgan fingerprint density at radius 3 is 2.66 bits per heavy atom. The minimum absolute atomic E-state index is 0.135. The maximum absolute atomic E-state index is 12.3. The van der Waals surface area contributed by atoms with E-state index in [4.69, 9.17) is 4.74 Å². The zero-order valence-corrected chi connectivity index (χ0v) is 17.6. The first-order valence-corrected chi connectivity index (χ1v) is 10.6. The van der Waals surface area contributed by atoms with Gasteiger partial charge in [-0.1, -0.05) is 36.4 Å². The molecule has 0 saturated carbocycles. The van der Waals surface area contributed by atoms with Crippen LogP contribution in [0.3, 0.4) is 0 Å². The van der Waals surface area contributed by atoms with Gasteiger partial charge in [-0.25, -0.2) is 4.98 Å². The van der Waals surface area contributed by atoms with Gasteiger partial charge in [0.05, 0.1) is 6.33 Å². The molecule has 0 aliphatic rings. The largest absolute Gasteiger partial charge is 0.490 e. The molecule has 1 atom stereocenters. The van der Waals surface area contributed by atoms with E-state index in [9.17, 15) is 9.90 Å². The van der Waals surface area contributed by atoms with Crippen molar-refractivity contribution < 1.29 is 14.6 Å². The van der Waals surface area contributed by atoms with E-state index in [0.29, 0.717) is 25.2 Å². The molecule has 4 rings (SSSR count). The Labute approximate surface area is 186 Å². The Hall–Kier alpha value is -3.68. The summed E-state index contributed by atoms with van der Waals surface area (Å²) in [5.74, 6) is 0.622. The van der Waals surface area contributed by atoms with Gasteiger partial charge in [0.25, 0.3) is 5.91 Å². The average Bonchev–Trinajstić information content (AvgIpc) is 3.37. The van der Waals surface area contributed by atoms with Crippen molar-refractivity contribution in [2.24, 2.45) is 0 Å². The summed E-state index contributed by atoms with van der Waals surface area (Å²) in [5, 5.41) is 18.3. The molecule has 4 aromatic rings. The number of hydrogen-bond acceptors (Lipinski definition) is 5. The van der Waals surface area contributed by atoms with E-state index in [1.54, 1.807) is 24.7 Å². The summed E-state index contributed by atoms with van der Waals surface area (Å²) in [4.78, 5) is 16.3. The molecule has 1 amide bonds. The lowest BCUT2D eigenvalue weighted by atomic mass is 10.1. The number of aromatic nitrogens is 2. The second-order valence-electron chi connectivity index (χ2n) is 7.42. The fourth-order valence-corrected chi connectivity index (χ4v) is 3.40. The molecule has 0 saturated heterocycles. The van der Waals surface area contributed by atoms with Crippen molar-refractivity contribution in [1.82, 2.24) is 20.2 Å². The molecule has 1 aromatic heterocycles. The number of hydrogen-bond donors (Lipinski definition) is 3. The number of aliphatic hydroxyl groups excluding tert-OH is 1. The SMILES string of the molecule is O=C(NCCNCC(O)COc1cccc2ccccc12)c1ccc(-n2ccnc2)cc1. The van der Waals surface area contributed by atoms with E-state index in [2.05, 4.69) is 15.6 Å². The summed E-state index contributed by atoms with van der Waals surface area (Å²) in [6.07, 6.45) is 4.62. The van der Waals surface area contributed by atoms with Gasteiger partial charge in [-0.15, -0.1) is 0 Å². The molecule has 7 heteroatoms. The van der Waals surface area contributed by atoms with Crippen LogP contribution in [0.15, 0.2) is 85.5 Å². The zero-order chi connectivity index (χ0) is 22.2. The van der Waals surface area contributed by atoms with Gasteiger partial charge in [0, 0.05) is 48.7 Å². The van der Waals surface area contributed by atoms with E-state index in [1.807, 2.05) is 65.4 Å². The molecule has 1 unspecified atom stereocenters. The number of amides is 1. The van der Waals surface area contributed by atoms with Crippen molar-refractivity contribution in [3.8, 4) is 11.4 Å². The summed E-state index contributed by atoms with van der Waals surface area (Å²) in [7, 11) is 0. The third-order valence-electron chi connectivity index (χ3n) is 5.08. The predicted octanol–water partition coefficient (Wildman–Crippen LogP) is 2.78. The lowest BCUT2D eigenvalue weighted by Crippen LogP contribution is -2.37. The van der Waals surface area contributed by atoms with Crippen LogP contribution in [-0.2, 0) is 0 Å². The number of nitrogens with zero attached hydrogens (tertiary/aromatic N) is 2. The molecular weight excluding hydrogens is 404 g/mol. The Bertz CT molecular complexity index is 1140. The van der Waals surface area contributed by atoms with Crippen LogP contribution in [0.25, 0.3) is 16.5 Å². The topological polar surface area (TPSA) is 88.4 Å². The van der Waals surface area contributed by atoms with E-state index in [0.717, 1.165) is 22.2 Å². The van der Waals surface area contributed by atoms with Crippen molar-refractivity contribution in [3.05, 3.63) is 91.0 Å². The predicted molar refractivity (Wildman–Crippen MR) is 124 cm³/mol. The molecule has 7 nitrogen and oxygen atoms in total. The van der Waals surface area contributed by atoms with Crippen molar-refractivity contribution in [2.45, 2.75) is 6.10 Å². The third-order valence-corrected chi connectivity index (χ3v) is 5.08. The molecule has 0 bridgehead atoms. The summed E-state index contributed by atoms with van der Waals surface area (Å²) in [5.41, 5.74) is 1.54. The smallest absolute Gasteiger partial charge is 0.251 e. The second-order valence-corrected chi connectivity index (χ2v) is 7.42. The Balaban J connectivity index is 1.15. The van der Waals surface area contributed by atoms with Crippen molar-refractivity contribution in [2.75, 3.05) is 26.2 Å². The van der Waals surface area contributed by atoms with E-state index in [-0.39, 0.29) is 12.5 Å². The number of benzene rings is 3. The molecule has 32 heavy (non-hydrogen) atoms. The fourth-order valence-electron chi connectivity index (χ4n) is 3.40. The highest BCUT2D eigenvalue weighted by molar-refractivity contribution is 5.94. The number of imidazole rings is 1. The van der Waals surface area contributed by atoms with Gasteiger partial charge in [-0.3, -0.25) is 4.79 Å². The Kier molecular flexibility index (Phi) is 7.12. The molecule has 1 heterocycles. The van der Waals surface area contributed by atoms with Gasteiger partial charge < -0.3 is 25.0 Å². The van der Waals surface area contributed by atoms with Gasteiger partial charge in [0.1, 0.15) is 18.5 Å². The second kappa shape index (κ2) is 10.6. The standard InChI is InChI=1S/C25H26N4O3/c30-22(17-32-24-7-3-5-19-4-1-2-6-23(19)24)16-26-12-13-28-25(31)20-8-10-21(11-9-20)29-15-14-27-18-29/h1-11,14-15,18,22,26,30H,12-13,16-17H2,(H,28,31). The molecule has 0 radical (unpaired) electrons. The highest BCUT2D eigenvalue weighted by Gasteiger charge is 2.08. The quantitative estimate of drug-likeness (QED) is 0.337. The monoisotopic (exact) mass is 430 g/mol. The third kappa shape index (κ3) is 5.51. The maximum atomic E-state index is 12.3. The number of nitrogens with one attached hydrogen (secondary N) is 2. The first-order chi connectivity index (χ1) is 15.7. The first kappa shape index (κ1) is 21.5. The summed E-state index contributed by atoms with van der Waals surface area (Å²) in [6, 6.07) is 21.2. The van der Waals surface area contributed by atoms with Crippen LogP contribution in [0.4, 0.5) is 0 Å². The minimum atomic E-state index is -0.652.